The molecule has 21 heavy (non-hydrogen) atoms. The molecular formula is C16H22N2O3. The van der Waals surface area contributed by atoms with E-state index in [1.54, 1.807) is 6.92 Å². The van der Waals surface area contributed by atoms with Crippen LogP contribution in [0.5, 0.6) is 0 Å². The van der Waals surface area contributed by atoms with Gasteiger partial charge in [0.25, 0.3) is 0 Å². The Balaban J connectivity index is 2.00. The van der Waals surface area contributed by atoms with E-state index in [2.05, 4.69) is 22.3 Å². The SMILES string of the molecule is CCOC(=O)C(=O)NCC(c1ccccc1)N1CCCC1. The van der Waals surface area contributed by atoms with Gasteiger partial charge >= 0.3 is 11.9 Å². The highest BCUT2D eigenvalue weighted by Gasteiger charge is 2.25. The lowest BCUT2D eigenvalue weighted by Gasteiger charge is -2.28. The molecule has 1 unspecified atom stereocenters. The van der Waals surface area contributed by atoms with Gasteiger partial charge in [-0.05, 0) is 38.4 Å². The van der Waals surface area contributed by atoms with Gasteiger partial charge in [-0.1, -0.05) is 30.3 Å². The number of amides is 1. The van der Waals surface area contributed by atoms with E-state index in [1.807, 2.05) is 18.2 Å². The van der Waals surface area contributed by atoms with Crippen molar-refractivity contribution in [2.75, 3.05) is 26.2 Å². The van der Waals surface area contributed by atoms with Crippen LogP contribution >= 0.6 is 0 Å². The molecule has 1 N–H and O–H groups in total. The minimum absolute atomic E-state index is 0.104. The molecule has 1 saturated heterocycles. The summed E-state index contributed by atoms with van der Waals surface area (Å²) in [7, 11) is 0. The fourth-order valence-electron chi connectivity index (χ4n) is 2.64. The van der Waals surface area contributed by atoms with E-state index in [0.717, 1.165) is 18.7 Å². The van der Waals surface area contributed by atoms with Gasteiger partial charge < -0.3 is 10.1 Å². The zero-order chi connectivity index (χ0) is 15.1. The van der Waals surface area contributed by atoms with Gasteiger partial charge in [-0.15, -0.1) is 0 Å². The Morgan fingerprint density at radius 2 is 1.90 bits per heavy atom. The molecule has 1 aliphatic heterocycles. The van der Waals surface area contributed by atoms with Crippen LogP contribution in [0.2, 0.25) is 0 Å². The van der Waals surface area contributed by atoms with Gasteiger partial charge in [-0.2, -0.15) is 0 Å². The summed E-state index contributed by atoms with van der Waals surface area (Å²) in [4.78, 5) is 25.4. The lowest BCUT2D eigenvalue weighted by atomic mass is 10.1. The number of ether oxygens (including phenoxy) is 1. The highest BCUT2D eigenvalue weighted by Crippen LogP contribution is 2.24. The topological polar surface area (TPSA) is 58.6 Å². The summed E-state index contributed by atoms with van der Waals surface area (Å²) < 4.78 is 4.70. The highest BCUT2D eigenvalue weighted by molar-refractivity contribution is 6.32. The van der Waals surface area contributed by atoms with E-state index in [-0.39, 0.29) is 12.6 Å². The van der Waals surface area contributed by atoms with Crippen LogP contribution in [0.15, 0.2) is 30.3 Å². The Bertz CT molecular complexity index is 470. The largest absolute Gasteiger partial charge is 0.459 e. The van der Waals surface area contributed by atoms with Gasteiger partial charge in [0.15, 0.2) is 0 Å². The number of hydrogen-bond donors (Lipinski definition) is 1. The molecule has 114 valence electrons. The fraction of sp³-hybridized carbons (Fsp3) is 0.500. The zero-order valence-electron chi connectivity index (χ0n) is 12.4. The van der Waals surface area contributed by atoms with Gasteiger partial charge in [0.2, 0.25) is 0 Å². The minimum Gasteiger partial charge on any atom is -0.459 e. The summed E-state index contributed by atoms with van der Waals surface area (Å²) in [6.07, 6.45) is 2.35. The maximum atomic E-state index is 11.7. The summed E-state index contributed by atoms with van der Waals surface area (Å²) in [5, 5.41) is 2.69. The van der Waals surface area contributed by atoms with Crippen molar-refractivity contribution in [3.8, 4) is 0 Å². The summed E-state index contributed by atoms with van der Waals surface area (Å²) in [5.74, 6) is -1.48. The van der Waals surface area contributed by atoms with Crippen LogP contribution in [0.1, 0.15) is 31.4 Å². The van der Waals surface area contributed by atoms with Crippen molar-refractivity contribution in [3.05, 3.63) is 35.9 Å². The highest BCUT2D eigenvalue weighted by atomic mass is 16.5. The standard InChI is InChI=1S/C16H22N2O3/c1-2-21-16(20)15(19)17-12-14(18-10-6-7-11-18)13-8-4-3-5-9-13/h3-5,8-9,14H,2,6-7,10-12H2,1H3,(H,17,19). The molecule has 1 aromatic rings. The number of nitrogens with zero attached hydrogens (tertiary/aromatic N) is 1. The average molecular weight is 290 g/mol. The third-order valence-electron chi connectivity index (χ3n) is 3.68. The van der Waals surface area contributed by atoms with Crippen molar-refractivity contribution in [3.63, 3.8) is 0 Å². The van der Waals surface area contributed by atoms with Crippen LogP contribution in [-0.4, -0.2) is 43.0 Å². The van der Waals surface area contributed by atoms with Crippen molar-refractivity contribution in [2.45, 2.75) is 25.8 Å². The molecule has 0 spiro atoms. The number of nitrogens with one attached hydrogen (secondary N) is 1. The maximum Gasteiger partial charge on any atom is 0.396 e. The normalized spacial score (nSPS) is 16.4. The molecule has 0 bridgehead atoms. The maximum absolute atomic E-state index is 11.7. The Morgan fingerprint density at radius 1 is 1.24 bits per heavy atom. The van der Waals surface area contributed by atoms with E-state index in [0.29, 0.717) is 6.54 Å². The van der Waals surface area contributed by atoms with Gasteiger partial charge in [-0.3, -0.25) is 9.69 Å². The van der Waals surface area contributed by atoms with E-state index < -0.39 is 11.9 Å². The molecule has 0 aromatic heterocycles. The fourth-order valence-corrected chi connectivity index (χ4v) is 2.64. The minimum atomic E-state index is -0.814. The zero-order valence-corrected chi connectivity index (χ0v) is 12.4. The lowest BCUT2D eigenvalue weighted by Crippen LogP contribution is -2.40. The first-order valence-corrected chi connectivity index (χ1v) is 7.46. The summed E-state index contributed by atoms with van der Waals surface area (Å²) in [6.45, 7) is 4.36. The van der Waals surface area contributed by atoms with Crippen molar-refractivity contribution in [2.24, 2.45) is 0 Å². The number of carbonyl (C=O) groups is 2. The van der Waals surface area contributed by atoms with Crippen LogP contribution in [0.4, 0.5) is 0 Å². The predicted octanol–water partition coefficient (Wildman–Crippen LogP) is 1.50. The second-order valence-corrected chi connectivity index (χ2v) is 5.10. The number of hydrogen-bond acceptors (Lipinski definition) is 4. The second-order valence-electron chi connectivity index (χ2n) is 5.10. The average Bonchev–Trinajstić information content (AvgIpc) is 3.03. The number of likely N-dealkylation sites (tertiary alicyclic amines) is 1. The van der Waals surface area contributed by atoms with Crippen LogP contribution < -0.4 is 5.32 Å². The van der Waals surface area contributed by atoms with Crippen molar-refractivity contribution >= 4 is 11.9 Å². The third kappa shape index (κ3) is 4.29. The molecule has 0 aliphatic carbocycles. The molecule has 1 aromatic carbocycles. The molecule has 5 heteroatoms. The summed E-state index contributed by atoms with van der Waals surface area (Å²) in [5.41, 5.74) is 1.16. The van der Waals surface area contributed by atoms with Crippen LogP contribution in [0, 0.1) is 0 Å². The smallest absolute Gasteiger partial charge is 0.396 e. The van der Waals surface area contributed by atoms with Gasteiger partial charge in [-0.25, -0.2) is 4.79 Å². The number of esters is 1. The van der Waals surface area contributed by atoms with Crippen LogP contribution in [0.25, 0.3) is 0 Å². The number of benzene rings is 1. The predicted molar refractivity (Wildman–Crippen MR) is 79.6 cm³/mol. The summed E-state index contributed by atoms with van der Waals surface area (Å²) >= 11 is 0. The Kier molecular flexibility index (Phi) is 5.75. The first-order chi connectivity index (χ1) is 10.2. The monoisotopic (exact) mass is 290 g/mol. The quantitative estimate of drug-likeness (QED) is 0.659. The Morgan fingerprint density at radius 3 is 2.52 bits per heavy atom. The molecule has 1 aliphatic rings. The van der Waals surface area contributed by atoms with Crippen molar-refractivity contribution < 1.29 is 14.3 Å². The van der Waals surface area contributed by atoms with E-state index in [1.165, 1.54) is 12.8 Å². The molecule has 5 nitrogen and oxygen atoms in total. The van der Waals surface area contributed by atoms with Gasteiger partial charge in [0.1, 0.15) is 0 Å². The lowest BCUT2D eigenvalue weighted by molar-refractivity contribution is -0.154. The molecule has 2 rings (SSSR count). The van der Waals surface area contributed by atoms with Crippen LogP contribution in [-0.2, 0) is 14.3 Å². The van der Waals surface area contributed by atoms with Crippen molar-refractivity contribution in [1.29, 1.82) is 0 Å². The first kappa shape index (κ1) is 15.5. The van der Waals surface area contributed by atoms with E-state index in [4.69, 9.17) is 4.74 Å². The van der Waals surface area contributed by atoms with Gasteiger partial charge in [0, 0.05) is 6.54 Å². The summed E-state index contributed by atoms with van der Waals surface area (Å²) in [6, 6.07) is 10.2. The second kappa shape index (κ2) is 7.78. The van der Waals surface area contributed by atoms with E-state index >= 15 is 0 Å². The molecule has 1 heterocycles. The Hall–Kier alpha value is -1.88. The molecule has 1 atom stereocenters. The molecular weight excluding hydrogens is 268 g/mol. The molecule has 0 radical (unpaired) electrons. The third-order valence-corrected chi connectivity index (χ3v) is 3.68. The van der Waals surface area contributed by atoms with Crippen LogP contribution in [0.3, 0.4) is 0 Å². The molecule has 0 saturated carbocycles. The number of rotatable bonds is 5. The first-order valence-electron chi connectivity index (χ1n) is 7.46. The molecule has 1 fully saturated rings. The Labute approximate surface area is 125 Å². The van der Waals surface area contributed by atoms with Gasteiger partial charge in [0.05, 0.1) is 12.6 Å². The number of carbonyl (C=O) groups excluding carboxylic acids is 2. The molecule has 1 amide bonds. The van der Waals surface area contributed by atoms with Crippen molar-refractivity contribution in [1.82, 2.24) is 10.2 Å². The van der Waals surface area contributed by atoms with E-state index in [9.17, 15) is 9.59 Å².